The first-order valence-corrected chi connectivity index (χ1v) is 19.6. The fourth-order valence-electron chi connectivity index (χ4n) is 9.18. The van der Waals surface area contributed by atoms with Crippen LogP contribution >= 0.6 is 0 Å². The smallest absolute Gasteiger partial charge is 0.0505 e. The number of rotatable bonds is 2. The van der Waals surface area contributed by atoms with Gasteiger partial charge < -0.3 is 10.6 Å². The van der Waals surface area contributed by atoms with E-state index < -0.39 is 0 Å². The maximum absolute atomic E-state index is 3.99. The molecule has 2 N–H and O–H groups in total. The van der Waals surface area contributed by atoms with E-state index in [2.05, 4.69) is 201 Å². The van der Waals surface area contributed by atoms with Crippen LogP contribution in [0.2, 0.25) is 0 Å². The van der Waals surface area contributed by atoms with Crippen molar-refractivity contribution in [3.8, 4) is 22.3 Å². The van der Waals surface area contributed by atoms with Gasteiger partial charge in [0.05, 0.1) is 11.4 Å². The van der Waals surface area contributed by atoms with Gasteiger partial charge in [-0.05, 0) is 102 Å². The normalized spacial score (nSPS) is 15.4. The fourth-order valence-corrected chi connectivity index (χ4v) is 9.18. The van der Waals surface area contributed by atoms with E-state index in [0.717, 1.165) is 0 Å². The first-order chi connectivity index (χ1) is 25.5. The molecule has 0 unspecified atom stereocenters. The van der Waals surface area contributed by atoms with Gasteiger partial charge in [0.2, 0.25) is 0 Å². The van der Waals surface area contributed by atoms with Crippen LogP contribution in [0.25, 0.3) is 43.8 Å². The van der Waals surface area contributed by atoms with Crippen LogP contribution in [-0.2, 0) is 21.7 Å². The topological polar surface area (TPSA) is 24.1 Å². The average molecular weight is 705 g/mol. The third kappa shape index (κ3) is 5.21. The highest BCUT2D eigenvalue weighted by atomic mass is 14.9. The minimum atomic E-state index is -0.241. The minimum Gasteiger partial charge on any atom is -0.354 e. The molecule has 2 aliphatic heterocycles. The molecule has 0 aromatic heterocycles. The summed E-state index contributed by atoms with van der Waals surface area (Å²) in [5.41, 5.74) is 17.6. The van der Waals surface area contributed by atoms with Crippen molar-refractivity contribution in [3.05, 3.63) is 155 Å². The first-order valence-electron chi connectivity index (χ1n) is 19.6. The Hall–Kier alpha value is -5.34. The standard InChI is InChI=1S/C52H52N2/c1-49(2,3)33-23-19-31(20-24-33)39-27-43-47(37-17-13-11-15-35(37)39)53-45-30-46-42(29-41(45)51(43,7)8)52(9,10)44-28-40(32-21-25-34(26-22-32)50(4,5)6)36-16-12-14-18-38(36)48(44)54-46/h11-30,53-54H,1-10H3. The van der Waals surface area contributed by atoms with Crippen LogP contribution in [0.3, 0.4) is 0 Å². The van der Waals surface area contributed by atoms with Gasteiger partial charge >= 0.3 is 0 Å². The number of hydrogen-bond acceptors (Lipinski definition) is 2. The van der Waals surface area contributed by atoms with Crippen molar-refractivity contribution >= 4 is 44.3 Å². The Morgan fingerprint density at radius 1 is 0.389 bits per heavy atom. The first kappa shape index (κ1) is 34.4. The van der Waals surface area contributed by atoms with Crippen molar-refractivity contribution in [2.45, 2.75) is 90.9 Å². The Morgan fingerprint density at radius 2 is 0.741 bits per heavy atom. The van der Waals surface area contributed by atoms with Gasteiger partial charge in [0.15, 0.2) is 0 Å². The molecule has 0 atom stereocenters. The van der Waals surface area contributed by atoms with E-state index in [4.69, 9.17) is 0 Å². The van der Waals surface area contributed by atoms with Gasteiger partial charge in [-0.2, -0.15) is 0 Å². The van der Waals surface area contributed by atoms with E-state index in [-0.39, 0.29) is 21.7 Å². The van der Waals surface area contributed by atoms with Crippen LogP contribution < -0.4 is 10.6 Å². The number of benzene rings is 7. The van der Waals surface area contributed by atoms with E-state index in [1.807, 2.05) is 0 Å². The highest BCUT2D eigenvalue weighted by Gasteiger charge is 2.40. The Labute approximate surface area is 321 Å². The second-order valence-electron chi connectivity index (χ2n) is 18.9. The Bertz CT molecular complexity index is 2460. The molecule has 0 aliphatic carbocycles. The molecular formula is C52H52N2. The van der Waals surface area contributed by atoms with Gasteiger partial charge in [-0.1, -0.05) is 166 Å². The number of hydrogen-bond donors (Lipinski definition) is 2. The molecule has 0 spiro atoms. The predicted octanol–water partition coefficient (Wildman–Crippen LogP) is 14.7. The Balaban J connectivity index is 1.19. The third-order valence-corrected chi connectivity index (χ3v) is 12.6. The van der Waals surface area contributed by atoms with E-state index in [1.165, 1.54) is 99.9 Å². The highest BCUT2D eigenvalue weighted by molar-refractivity contribution is 6.09. The van der Waals surface area contributed by atoms with Gasteiger partial charge in [0.1, 0.15) is 0 Å². The lowest BCUT2D eigenvalue weighted by molar-refractivity contribution is 0.590. The quantitative estimate of drug-likeness (QED) is 0.187. The SMILES string of the molecule is CC(C)(C)c1ccc(-c2cc3c(c4ccccc24)Nc2cc4c(cc2C3(C)C)C(C)(C)c2cc(-c3ccc(C(C)(C)C)cc3)c3ccccc3c2N4)cc1. The third-order valence-electron chi connectivity index (χ3n) is 12.6. The zero-order chi connectivity index (χ0) is 37.9. The molecule has 9 rings (SSSR count). The summed E-state index contributed by atoms with van der Waals surface area (Å²) >= 11 is 0. The van der Waals surface area contributed by atoms with E-state index in [0.29, 0.717) is 0 Å². The minimum absolute atomic E-state index is 0.112. The molecule has 7 aromatic rings. The zero-order valence-corrected chi connectivity index (χ0v) is 33.5. The van der Waals surface area contributed by atoms with E-state index >= 15 is 0 Å². The molecule has 0 amide bonds. The number of nitrogens with one attached hydrogen (secondary N) is 2. The van der Waals surface area contributed by atoms with Gasteiger partial charge in [0, 0.05) is 33.0 Å². The van der Waals surface area contributed by atoms with Crippen molar-refractivity contribution in [2.75, 3.05) is 10.6 Å². The Kier molecular flexibility index (Phi) is 7.38. The molecule has 0 fully saturated rings. The number of anilines is 4. The van der Waals surface area contributed by atoms with Crippen LogP contribution in [0.4, 0.5) is 22.7 Å². The average Bonchev–Trinajstić information content (AvgIpc) is 3.13. The molecule has 2 heterocycles. The molecule has 0 saturated carbocycles. The summed E-state index contributed by atoms with van der Waals surface area (Å²) in [4.78, 5) is 0. The molecule has 0 saturated heterocycles. The number of fused-ring (bicyclic) bond motifs is 8. The van der Waals surface area contributed by atoms with Crippen molar-refractivity contribution in [1.29, 1.82) is 0 Å². The largest absolute Gasteiger partial charge is 0.354 e. The predicted molar refractivity (Wildman–Crippen MR) is 233 cm³/mol. The maximum Gasteiger partial charge on any atom is 0.0505 e. The van der Waals surface area contributed by atoms with E-state index in [1.54, 1.807) is 0 Å². The molecule has 2 aliphatic rings. The summed E-state index contributed by atoms with van der Waals surface area (Å²) in [6, 6.07) is 46.0. The van der Waals surface area contributed by atoms with Crippen LogP contribution in [0.5, 0.6) is 0 Å². The summed E-state index contributed by atoms with van der Waals surface area (Å²) in [6.45, 7) is 23.3. The van der Waals surface area contributed by atoms with E-state index in [9.17, 15) is 0 Å². The maximum atomic E-state index is 3.99. The van der Waals surface area contributed by atoms with Gasteiger partial charge in [-0.15, -0.1) is 0 Å². The molecule has 2 nitrogen and oxygen atoms in total. The Morgan fingerprint density at radius 3 is 1.09 bits per heavy atom. The lowest BCUT2D eigenvalue weighted by Crippen LogP contribution is -2.31. The molecule has 7 aromatic carbocycles. The summed E-state index contributed by atoms with van der Waals surface area (Å²) in [6.07, 6.45) is 0. The fraction of sp³-hybridized carbons (Fsp3) is 0.269. The second kappa shape index (κ2) is 11.6. The van der Waals surface area contributed by atoms with Gasteiger partial charge in [-0.3, -0.25) is 0 Å². The van der Waals surface area contributed by atoms with Crippen molar-refractivity contribution in [3.63, 3.8) is 0 Å². The monoisotopic (exact) mass is 704 g/mol. The van der Waals surface area contributed by atoms with Gasteiger partial charge in [0.25, 0.3) is 0 Å². The summed E-state index contributed by atoms with van der Waals surface area (Å²) in [5.74, 6) is 0. The van der Waals surface area contributed by atoms with Crippen LogP contribution in [0, 0.1) is 0 Å². The highest BCUT2D eigenvalue weighted by Crippen LogP contribution is 2.56. The van der Waals surface area contributed by atoms with Crippen LogP contribution in [-0.4, -0.2) is 0 Å². The summed E-state index contributed by atoms with van der Waals surface area (Å²) in [5, 5.41) is 13.0. The second-order valence-corrected chi connectivity index (χ2v) is 18.9. The van der Waals surface area contributed by atoms with Crippen LogP contribution in [0.15, 0.2) is 121 Å². The summed E-state index contributed by atoms with van der Waals surface area (Å²) in [7, 11) is 0. The van der Waals surface area contributed by atoms with Gasteiger partial charge in [-0.25, -0.2) is 0 Å². The van der Waals surface area contributed by atoms with Crippen molar-refractivity contribution in [2.24, 2.45) is 0 Å². The van der Waals surface area contributed by atoms with Crippen molar-refractivity contribution < 1.29 is 0 Å². The summed E-state index contributed by atoms with van der Waals surface area (Å²) < 4.78 is 0. The molecule has 54 heavy (non-hydrogen) atoms. The zero-order valence-electron chi connectivity index (χ0n) is 33.5. The molecular weight excluding hydrogens is 653 g/mol. The van der Waals surface area contributed by atoms with Crippen molar-refractivity contribution in [1.82, 2.24) is 0 Å². The molecule has 0 radical (unpaired) electrons. The molecule has 0 bridgehead atoms. The lowest BCUT2D eigenvalue weighted by Gasteiger charge is -2.42. The van der Waals surface area contributed by atoms with Crippen LogP contribution in [0.1, 0.15) is 103 Å². The lowest BCUT2D eigenvalue weighted by atomic mass is 9.68. The molecule has 270 valence electrons. The molecule has 2 heteroatoms.